The molecule has 0 radical (unpaired) electrons. The fourth-order valence-corrected chi connectivity index (χ4v) is 0.614. The number of carboxylic acids is 1. The highest BCUT2D eigenvalue weighted by atomic mass is 16.6. The van der Waals surface area contributed by atoms with Crippen molar-refractivity contribution < 1.29 is 19.3 Å². The Morgan fingerprint density at radius 3 is 2.67 bits per heavy atom. The zero-order valence-electron chi connectivity index (χ0n) is 5.55. The number of nitro groups is 1. The Hall–Kier alpha value is -2.12. The highest BCUT2D eigenvalue weighted by Crippen LogP contribution is 2.24. The lowest BCUT2D eigenvalue weighted by Crippen LogP contribution is -2.00. The average molecular weight is 173 g/mol. The maximum absolute atomic E-state index is 10.2. The summed E-state index contributed by atoms with van der Waals surface area (Å²) in [4.78, 5) is 19.5. The molecule has 64 valence electrons. The molecule has 0 aliphatic heterocycles. The predicted molar refractivity (Wildman–Crippen MR) is 34.5 cm³/mol. The normalized spacial score (nSPS) is 9.67. The van der Waals surface area contributed by atoms with Gasteiger partial charge >= 0.3 is 17.4 Å². The molecular formula is C4H3N3O5. The lowest BCUT2D eigenvalue weighted by atomic mass is 10.4. The van der Waals surface area contributed by atoms with Gasteiger partial charge in [-0.3, -0.25) is 10.1 Å². The first-order valence-electron chi connectivity index (χ1n) is 2.67. The second kappa shape index (κ2) is 2.49. The van der Waals surface area contributed by atoms with Gasteiger partial charge in [0.05, 0.1) is 4.92 Å². The molecule has 1 aromatic rings. The summed E-state index contributed by atoms with van der Waals surface area (Å²) >= 11 is 0. The molecule has 1 aromatic heterocycles. The highest BCUT2D eigenvalue weighted by molar-refractivity contribution is 5.91. The first-order chi connectivity index (χ1) is 5.54. The molecule has 0 atom stereocenters. The van der Waals surface area contributed by atoms with Crippen LogP contribution in [-0.2, 0) is 0 Å². The van der Waals surface area contributed by atoms with E-state index in [0.29, 0.717) is 0 Å². The van der Waals surface area contributed by atoms with Gasteiger partial charge < -0.3 is 15.4 Å². The summed E-state index contributed by atoms with van der Waals surface area (Å²) in [6.07, 6.45) is 0. The first kappa shape index (κ1) is 7.98. The standard InChI is InChI=1S/C4H3N3O5/c5-3-1(7(10)11)2(4(8)9)12-6-3/h(H2,5,6)(H,8,9). The summed E-state index contributed by atoms with van der Waals surface area (Å²) in [5.41, 5.74) is 4.15. The smallest absolute Gasteiger partial charge is 0.382 e. The van der Waals surface area contributed by atoms with E-state index in [-0.39, 0.29) is 0 Å². The van der Waals surface area contributed by atoms with Crippen LogP contribution >= 0.6 is 0 Å². The Kier molecular flexibility index (Phi) is 1.66. The van der Waals surface area contributed by atoms with E-state index in [4.69, 9.17) is 10.8 Å². The van der Waals surface area contributed by atoms with Gasteiger partial charge in [0.1, 0.15) is 0 Å². The van der Waals surface area contributed by atoms with Crippen molar-refractivity contribution in [3.05, 3.63) is 15.9 Å². The maximum atomic E-state index is 10.2. The van der Waals surface area contributed by atoms with Gasteiger partial charge in [-0.25, -0.2) is 4.79 Å². The van der Waals surface area contributed by atoms with Crippen molar-refractivity contribution >= 4 is 17.5 Å². The van der Waals surface area contributed by atoms with Crippen LogP contribution in [0, 0.1) is 10.1 Å². The molecule has 0 saturated heterocycles. The van der Waals surface area contributed by atoms with Crippen molar-refractivity contribution in [2.45, 2.75) is 0 Å². The molecule has 0 fully saturated rings. The van der Waals surface area contributed by atoms with Gasteiger partial charge in [0, 0.05) is 0 Å². The number of hydrogen-bond acceptors (Lipinski definition) is 6. The number of rotatable bonds is 2. The molecule has 0 unspecified atom stereocenters. The molecule has 0 spiro atoms. The predicted octanol–water partition coefficient (Wildman–Crippen LogP) is -0.137. The largest absolute Gasteiger partial charge is 0.475 e. The third-order valence-corrected chi connectivity index (χ3v) is 1.07. The second-order valence-electron chi connectivity index (χ2n) is 1.81. The van der Waals surface area contributed by atoms with Crippen LogP contribution in [0.4, 0.5) is 11.5 Å². The topological polar surface area (TPSA) is 132 Å². The minimum absolute atomic E-state index is 0.544. The van der Waals surface area contributed by atoms with Crippen LogP contribution in [0.15, 0.2) is 4.52 Å². The van der Waals surface area contributed by atoms with Crippen LogP contribution < -0.4 is 5.73 Å². The molecule has 0 aliphatic carbocycles. The quantitative estimate of drug-likeness (QED) is 0.469. The molecule has 0 saturated carbocycles. The van der Waals surface area contributed by atoms with Gasteiger partial charge in [-0.15, -0.1) is 0 Å². The fourth-order valence-electron chi connectivity index (χ4n) is 0.614. The van der Waals surface area contributed by atoms with E-state index < -0.39 is 28.2 Å². The van der Waals surface area contributed by atoms with Crippen LogP contribution in [-0.4, -0.2) is 21.2 Å². The lowest BCUT2D eigenvalue weighted by molar-refractivity contribution is -0.384. The molecule has 0 amide bonds. The maximum Gasteiger partial charge on any atom is 0.382 e. The van der Waals surface area contributed by atoms with E-state index in [0.717, 1.165) is 0 Å². The van der Waals surface area contributed by atoms with E-state index >= 15 is 0 Å². The minimum atomic E-state index is -1.58. The number of hydrogen-bond donors (Lipinski definition) is 2. The van der Waals surface area contributed by atoms with Crippen molar-refractivity contribution in [1.82, 2.24) is 5.16 Å². The minimum Gasteiger partial charge on any atom is -0.475 e. The van der Waals surface area contributed by atoms with Crippen molar-refractivity contribution in [3.8, 4) is 0 Å². The van der Waals surface area contributed by atoms with Crippen LogP contribution in [0.25, 0.3) is 0 Å². The Bertz CT molecular complexity index is 342. The van der Waals surface area contributed by atoms with E-state index in [1.165, 1.54) is 0 Å². The van der Waals surface area contributed by atoms with Gasteiger partial charge in [-0.05, 0) is 0 Å². The molecule has 0 bridgehead atoms. The van der Waals surface area contributed by atoms with Crippen LogP contribution in [0.2, 0.25) is 0 Å². The summed E-state index contributed by atoms with van der Waals surface area (Å²) < 4.78 is 4.10. The van der Waals surface area contributed by atoms with Gasteiger partial charge in [-0.2, -0.15) is 0 Å². The lowest BCUT2D eigenvalue weighted by Gasteiger charge is -1.85. The molecule has 12 heavy (non-hydrogen) atoms. The Balaban J connectivity index is 3.31. The van der Waals surface area contributed by atoms with Crippen LogP contribution in [0.3, 0.4) is 0 Å². The SMILES string of the molecule is Nc1noc(C(=O)O)c1[N+](=O)[O-]. The molecular weight excluding hydrogens is 170 g/mol. The van der Waals surface area contributed by atoms with Gasteiger partial charge in [-0.1, -0.05) is 5.16 Å². The third-order valence-electron chi connectivity index (χ3n) is 1.07. The number of carboxylic acid groups (broad SMARTS) is 1. The molecule has 8 nitrogen and oxygen atoms in total. The summed E-state index contributed by atoms with van der Waals surface area (Å²) in [5.74, 6) is -2.99. The third kappa shape index (κ3) is 1.05. The number of carbonyl (C=O) groups is 1. The summed E-state index contributed by atoms with van der Waals surface area (Å²) in [7, 11) is 0. The van der Waals surface area contributed by atoms with Gasteiger partial charge in [0.15, 0.2) is 0 Å². The van der Waals surface area contributed by atoms with E-state index in [9.17, 15) is 14.9 Å². The zero-order valence-corrected chi connectivity index (χ0v) is 5.55. The summed E-state index contributed by atoms with van der Waals surface area (Å²) in [5, 5.41) is 21.4. The Morgan fingerprint density at radius 1 is 1.75 bits per heavy atom. The number of nitrogens with two attached hydrogens (primary N) is 1. The van der Waals surface area contributed by atoms with Crippen molar-refractivity contribution in [1.29, 1.82) is 0 Å². The molecule has 8 heteroatoms. The molecule has 3 N–H and O–H groups in total. The van der Waals surface area contributed by atoms with Crippen LogP contribution in [0.5, 0.6) is 0 Å². The number of anilines is 1. The summed E-state index contributed by atoms with van der Waals surface area (Å²) in [6.45, 7) is 0. The number of aromatic carboxylic acids is 1. The van der Waals surface area contributed by atoms with E-state index in [1.807, 2.05) is 0 Å². The Labute approximate surface area is 64.7 Å². The average Bonchev–Trinajstić information content (AvgIpc) is 2.30. The van der Waals surface area contributed by atoms with E-state index in [1.54, 1.807) is 0 Å². The van der Waals surface area contributed by atoms with Crippen molar-refractivity contribution in [3.63, 3.8) is 0 Å². The summed E-state index contributed by atoms with van der Waals surface area (Å²) in [6, 6.07) is 0. The Morgan fingerprint density at radius 2 is 2.33 bits per heavy atom. The molecule has 1 rings (SSSR count). The first-order valence-corrected chi connectivity index (χ1v) is 2.67. The second-order valence-corrected chi connectivity index (χ2v) is 1.81. The monoisotopic (exact) mass is 173 g/mol. The number of nitrogen functional groups attached to an aromatic ring is 1. The highest BCUT2D eigenvalue weighted by Gasteiger charge is 2.30. The van der Waals surface area contributed by atoms with E-state index in [2.05, 4.69) is 9.68 Å². The molecule has 0 aromatic carbocycles. The number of aromatic nitrogens is 1. The van der Waals surface area contributed by atoms with Crippen molar-refractivity contribution in [2.24, 2.45) is 0 Å². The van der Waals surface area contributed by atoms with Gasteiger partial charge in [0.25, 0.3) is 0 Å². The number of nitrogens with zero attached hydrogens (tertiary/aromatic N) is 2. The van der Waals surface area contributed by atoms with Gasteiger partial charge in [0.2, 0.25) is 5.82 Å². The van der Waals surface area contributed by atoms with Crippen molar-refractivity contribution in [2.75, 3.05) is 5.73 Å². The zero-order chi connectivity index (χ0) is 9.30. The van der Waals surface area contributed by atoms with Crippen LogP contribution in [0.1, 0.15) is 10.6 Å². The molecule has 0 aliphatic rings. The molecule has 1 heterocycles. The fraction of sp³-hybridized carbons (Fsp3) is 0.